The first-order valence-electron chi connectivity index (χ1n) is 12.3. The van der Waals surface area contributed by atoms with Crippen LogP contribution in [0.25, 0.3) is 16.0 Å². The first kappa shape index (κ1) is 27.0. The van der Waals surface area contributed by atoms with Crippen molar-refractivity contribution in [3.63, 3.8) is 0 Å². The van der Waals surface area contributed by atoms with Gasteiger partial charge in [0.1, 0.15) is 6.04 Å². The molecule has 38 heavy (non-hydrogen) atoms. The van der Waals surface area contributed by atoms with Crippen LogP contribution in [0.1, 0.15) is 29.8 Å². The Morgan fingerprint density at radius 1 is 0.868 bits per heavy atom. The number of ether oxygens (including phenoxy) is 1. The van der Waals surface area contributed by atoms with Gasteiger partial charge < -0.3 is 20.3 Å². The number of carbonyl (C=O) groups excluding carboxylic acids is 3. The number of hydrogen-bond acceptors (Lipinski definition) is 6. The largest absolute Gasteiger partial charge is 0.467 e. The van der Waals surface area contributed by atoms with E-state index in [0.717, 1.165) is 21.6 Å². The molecular formula is C30H31N3O4S. The van der Waals surface area contributed by atoms with Gasteiger partial charge in [0, 0.05) is 29.4 Å². The van der Waals surface area contributed by atoms with Crippen LogP contribution in [-0.2, 0) is 14.3 Å². The Bertz CT molecular complexity index is 1320. The number of amides is 2. The molecule has 8 heteroatoms. The Hall–Kier alpha value is -4.04. The third-order valence-electron chi connectivity index (χ3n) is 6.25. The highest BCUT2D eigenvalue weighted by Crippen LogP contribution is 2.39. The number of nitrogens with one attached hydrogen (secondary N) is 2. The SMILES string of the molecule is COC(=O)C(NC(=O)C1SC(c2ccc(NC(=O)c3ccc(-c4ccccc4)cc3)cc2)=CN1C)C(C)C. The maximum atomic E-state index is 12.9. The van der Waals surface area contributed by atoms with Crippen molar-refractivity contribution in [1.82, 2.24) is 10.2 Å². The fourth-order valence-corrected chi connectivity index (χ4v) is 5.22. The lowest BCUT2D eigenvalue weighted by Crippen LogP contribution is -2.50. The normalized spacial score (nSPS) is 15.6. The van der Waals surface area contributed by atoms with Crippen LogP contribution in [0.3, 0.4) is 0 Å². The highest BCUT2D eigenvalue weighted by molar-refractivity contribution is 8.09. The monoisotopic (exact) mass is 529 g/mol. The second-order valence-corrected chi connectivity index (χ2v) is 10.5. The number of hydrogen-bond donors (Lipinski definition) is 2. The Labute approximate surface area is 227 Å². The average Bonchev–Trinajstić information content (AvgIpc) is 3.33. The number of esters is 1. The molecule has 2 amide bonds. The van der Waals surface area contributed by atoms with Gasteiger partial charge >= 0.3 is 5.97 Å². The molecule has 4 rings (SSSR count). The van der Waals surface area contributed by atoms with Crippen molar-refractivity contribution in [2.75, 3.05) is 19.5 Å². The van der Waals surface area contributed by atoms with Crippen LogP contribution in [-0.4, -0.2) is 48.3 Å². The van der Waals surface area contributed by atoms with E-state index in [4.69, 9.17) is 4.74 Å². The van der Waals surface area contributed by atoms with Gasteiger partial charge in [-0.3, -0.25) is 9.59 Å². The molecule has 2 N–H and O–H groups in total. The molecule has 0 saturated heterocycles. The lowest BCUT2D eigenvalue weighted by molar-refractivity contribution is -0.146. The molecule has 0 bridgehead atoms. The highest BCUT2D eigenvalue weighted by Gasteiger charge is 2.34. The van der Waals surface area contributed by atoms with E-state index >= 15 is 0 Å². The second-order valence-electron chi connectivity index (χ2n) is 9.36. The Kier molecular flexibility index (Phi) is 8.53. The lowest BCUT2D eigenvalue weighted by Gasteiger charge is -2.24. The van der Waals surface area contributed by atoms with E-state index < -0.39 is 17.4 Å². The summed E-state index contributed by atoms with van der Waals surface area (Å²) in [5.41, 5.74) is 4.33. The van der Waals surface area contributed by atoms with Crippen molar-refractivity contribution in [2.24, 2.45) is 5.92 Å². The third kappa shape index (κ3) is 6.26. The van der Waals surface area contributed by atoms with Crippen molar-refractivity contribution in [1.29, 1.82) is 0 Å². The Morgan fingerprint density at radius 3 is 2.08 bits per heavy atom. The van der Waals surface area contributed by atoms with Gasteiger partial charge in [-0.15, -0.1) is 0 Å². The molecule has 2 atom stereocenters. The van der Waals surface area contributed by atoms with E-state index in [-0.39, 0.29) is 17.7 Å². The predicted molar refractivity (Wildman–Crippen MR) is 152 cm³/mol. The molecular weight excluding hydrogens is 498 g/mol. The van der Waals surface area contributed by atoms with E-state index in [1.54, 1.807) is 0 Å². The molecule has 0 saturated carbocycles. The predicted octanol–water partition coefficient (Wildman–Crippen LogP) is 5.22. The van der Waals surface area contributed by atoms with Gasteiger partial charge in [0.2, 0.25) is 0 Å². The van der Waals surface area contributed by atoms with Crippen molar-refractivity contribution in [3.05, 3.63) is 96.2 Å². The standard InChI is InChI=1S/C30H31N3O4S/c1-19(2)26(30(36)37-4)32-28(35)29-33(3)18-25(38-29)22-14-16-24(17-15-22)31-27(34)23-12-10-21(11-13-23)20-8-6-5-7-9-20/h5-19,26,29H,1-4H3,(H,31,34)(H,32,35). The summed E-state index contributed by atoms with van der Waals surface area (Å²) in [5.74, 6) is -0.999. The minimum absolute atomic E-state index is 0.0971. The van der Waals surface area contributed by atoms with Gasteiger partial charge in [-0.2, -0.15) is 0 Å². The molecule has 0 aromatic heterocycles. The quantitative estimate of drug-likeness (QED) is 0.389. The molecule has 7 nitrogen and oxygen atoms in total. The number of anilines is 1. The second kappa shape index (κ2) is 12.0. The van der Waals surface area contributed by atoms with Gasteiger partial charge in [-0.1, -0.05) is 80.2 Å². The van der Waals surface area contributed by atoms with Gasteiger partial charge in [0.25, 0.3) is 11.8 Å². The molecule has 0 aliphatic carbocycles. The van der Waals surface area contributed by atoms with Gasteiger partial charge in [-0.25, -0.2) is 4.79 Å². The summed E-state index contributed by atoms with van der Waals surface area (Å²) in [6.07, 6.45) is 1.90. The molecule has 3 aromatic carbocycles. The van der Waals surface area contributed by atoms with Crippen molar-refractivity contribution < 1.29 is 19.1 Å². The van der Waals surface area contributed by atoms with Crippen LogP contribution in [0.5, 0.6) is 0 Å². The van der Waals surface area contributed by atoms with Crippen LogP contribution in [0.4, 0.5) is 5.69 Å². The smallest absolute Gasteiger partial charge is 0.328 e. The van der Waals surface area contributed by atoms with Gasteiger partial charge in [0.05, 0.1) is 7.11 Å². The molecule has 3 aromatic rings. The number of rotatable bonds is 8. The summed E-state index contributed by atoms with van der Waals surface area (Å²) in [7, 11) is 3.14. The summed E-state index contributed by atoms with van der Waals surface area (Å²) in [4.78, 5) is 40.5. The number of benzene rings is 3. The van der Waals surface area contributed by atoms with Crippen molar-refractivity contribution in [3.8, 4) is 11.1 Å². The van der Waals surface area contributed by atoms with Crippen molar-refractivity contribution in [2.45, 2.75) is 25.3 Å². The van der Waals surface area contributed by atoms with Gasteiger partial charge in [-0.05, 0) is 46.9 Å². The van der Waals surface area contributed by atoms with E-state index in [1.165, 1.54) is 18.9 Å². The summed E-state index contributed by atoms with van der Waals surface area (Å²) in [6, 6.07) is 24.3. The average molecular weight is 530 g/mol. The number of likely N-dealkylation sites (N-methyl/N-ethyl adjacent to an activating group) is 1. The van der Waals surface area contributed by atoms with Crippen LogP contribution in [0.2, 0.25) is 0 Å². The summed E-state index contributed by atoms with van der Waals surface area (Å²) < 4.78 is 4.83. The molecule has 0 spiro atoms. The van der Waals surface area contributed by atoms with Crippen LogP contribution in [0, 0.1) is 5.92 Å². The fourth-order valence-electron chi connectivity index (χ4n) is 4.08. The molecule has 2 unspecified atom stereocenters. The highest BCUT2D eigenvalue weighted by atomic mass is 32.2. The maximum Gasteiger partial charge on any atom is 0.328 e. The first-order chi connectivity index (χ1) is 18.3. The molecule has 1 aliphatic heterocycles. The Morgan fingerprint density at radius 2 is 1.47 bits per heavy atom. The van der Waals surface area contributed by atoms with E-state index in [0.29, 0.717) is 11.3 Å². The molecule has 0 fully saturated rings. The maximum absolute atomic E-state index is 12.9. The number of thioether (sulfide) groups is 1. The van der Waals surface area contributed by atoms with Crippen LogP contribution >= 0.6 is 11.8 Å². The van der Waals surface area contributed by atoms with Crippen molar-refractivity contribution >= 4 is 40.1 Å². The molecule has 0 radical (unpaired) electrons. The lowest BCUT2D eigenvalue weighted by atomic mass is 10.0. The zero-order valence-electron chi connectivity index (χ0n) is 21.8. The summed E-state index contributed by atoms with van der Waals surface area (Å²) >= 11 is 1.40. The first-order valence-corrected chi connectivity index (χ1v) is 13.2. The fraction of sp³-hybridized carbons (Fsp3) is 0.233. The number of nitrogens with zero attached hydrogens (tertiary/aromatic N) is 1. The summed E-state index contributed by atoms with van der Waals surface area (Å²) in [5, 5.41) is 5.24. The third-order valence-corrected chi connectivity index (χ3v) is 7.62. The Balaban J connectivity index is 1.36. The van der Waals surface area contributed by atoms with E-state index in [9.17, 15) is 14.4 Å². The van der Waals surface area contributed by atoms with Gasteiger partial charge in [0.15, 0.2) is 5.37 Å². The minimum Gasteiger partial charge on any atom is -0.467 e. The zero-order chi connectivity index (χ0) is 27.2. The topological polar surface area (TPSA) is 87.7 Å². The number of carbonyl (C=O) groups is 3. The zero-order valence-corrected chi connectivity index (χ0v) is 22.6. The molecule has 1 aliphatic rings. The molecule has 196 valence electrons. The number of methoxy groups -OCH3 is 1. The van der Waals surface area contributed by atoms with Crippen LogP contribution < -0.4 is 10.6 Å². The van der Waals surface area contributed by atoms with E-state index in [2.05, 4.69) is 10.6 Å². The van der Waals surface area contributed by atoms with Crippen LogP contribution in [0.15, 0.2) is 85.1 Å². The summed E-state index contributed by atoms with van der Waals surface area (Å²) in [6.45, 7) is 3.72. The minimum atomic E-state index is -0.706. The van der Waals surface area contributed by atoms with E-state index in [1.807, 2.05) is 111 Å². The molecule has 1 heterocycles.